The van der Waals surface area contributed by atoms with E-state index in [1.54, 1.807) is 7.11 Å². The van der Waals surface area contributed by atoms with Crippen LogP contribution in [0.15, 0.2) is 24.3 Å². The summed E-state index contributed by atoms with van der Waals surface area (Å²) in [6.45, 7) is 7.04. The van der Waals surface area contributed by atoms with Gasteiger partial charge in [0.25, 0.3) is 0 Å². The fourth-order valence-corrected chi connectivity index (χ4v) is 2.70. The van der Waals surface area contributed by atoms with Crippen molar-refractivity contribution >= 4 is 0 Å². The molecule has 1 saturated heterocycles. The van der Waals surface area contributed by atoms with Crippen LogP contribution in [0, 0.1) is 11.8 Å². The Hall–Kier alpha value is -1.26. The molecule has 2 atom stereocenters. The van der Waals surface area contributed by atoms with Crippen LogP contribution in [-0.4, -0.2) is 44.8 Å². The van der Waals surface area contributed by atoms with E-state index in [2.05, 4.69) is 11.8 Å². The molecule has 2 unspecified atom stereocenters. The maximum Gasteiger partial charge on any atom is 0.119 e. The van der Waals surface area contributed by atoms with E-state index in [1.165, 1.54) is 6.42 Å². The van der Waals surface area contributed by atoms with Gasteiger partial charge in [-0.15, -0.1) is 0 Å². The van der Waals surface area contributed by atoms with Crippen molar-refractivity contribution < 1.29 is 9.47 Å². The van der Waals surface area contributed by atoms with Gasteiger partial charge in [0.05, 0.1) is 7.11 Å². The van der Waals surface area contributed by atoms with Crippen LogP contribution < -0.4 is 15.2 Å². The van der Waals surface area contributed by atoms with Gasteiger partial charge >= 0.3 is 0 Å². The number of hydrogen-bond acceptors (Lipinski definition) is 4. The van der Waals surface area contributed by atoms with Crippen LogP contribution >= 0.6 is 0 Å². The summed E-state index contributed by atoms with van der Waals surface area (Å²) in [4.78, 5) is 2.46. The first-order valence-corrected chi connectivity index (χ1v) is 7.42. The lowest BCUT2D eigenvalue weighted by Crippen LogP contribution is -2.44. The van der Waals surface area contributed by atoms with Gasteiger partial charge in [0.15, 0.2) is 0 Å². The van der Waals surface area contributed by atoms with Crippen LogP contribution in [0.1, 0.15) is 13.3 Å². The maximum absolute atomic E-state index is 5.83. The van der Waals surface area contributed by atoms with Crippen molar-refractivity contribution in [2.75, 3.05) is 39.9 Å². The van der Waals surface area contributed by atoms with Crippen LogP contribution in [0.4, 0.5) is 0 Å². The van der Waals surface area contributed by atoms with E-state index in [0.29, 0.717) is 5.92 Å². The van der Waals surface area contributed by atoms with Crippen LogP contribution in [0.25, 0.3) is 0 Å². The van der Waals surface area contributed by atoms with Crippen LogP contribution in [0.2, 0.25) is 0 Å². The summed E-state index contributed by atoms with van der Waals surface area (Å²) in [5.74, 6) is 3.13. The Morgan fingerprint density at radius 2 is 1.95 bits per heavy atom. The van der Waals surface area contributed by atoms with E-state index in [9.17, 15) is 0 Å². The van der Waals surface area contributed by atoms with Gasteiger partial charge in [0, 0.05) is 13.1 Å². The van der Waals surface area contributed by atoms with Crippen molar-refractivity contribution in [2.45, 2.75) is 13.3 Å². The summed E-state index contributed by atoms with van der Waals surface area (Å²) in [7, 11) is 1.67. The van der Waals surface area contributed by atoms with Gasteiger partial charge in [0.1, 0.15) is 18.1 Å². The molecule has 4 nitrogen and oxygen atoms in total. The quantitative estimate of drug-likeness (QED) is 0.864. The fourth-order valence-electron chi connectivity index (χ4n) is 2.70. The van der Waals surface area contributed by atoms with E-state index < -0.39 is 0 Å². The predicted octanol–water partition coefficient (Wildman–Crippen LogP) is 1.99. The predicted molar refractivity (Wildman–Crippen MR) is 81.3 cm³/mol. The number of hydrogen-bond donors (Lipinski definition) is 1. The lowest BCUT2D eigenvalue weighted by molar-refractivity contribution is 0.114. The Balaban J connectivity index is 1.72. The highest BCUT2D eigenvalue weighted by molar-refractivity contribution is 5.31. The molecule has 2 N–H and O–H groups in total. The summed E-state index contributed by atoms with van der Waals surface area (Å²) >= 11 is 0. The van der Waals surface area contributed by atoms with Gasteiger partial charge in [0.2, 0.25) is 0 Å². The number of piperidine rings is 1. The first-order valence-electron chi connectivity index (χ1n) is 7.42. The molecule has 20 heavy (non-hydrogen) atoms. The van der Waals surface area contributed by atoms with Crippen molar-refractivity contribution in [3.8, 4) is 11.5 Å². The largest absolute Gasteiger partial charge is 0.497 e. The molecule has 1 fully saturated rings. The molecule has 112 valence electrons. The molecule has 0 aliphatic carbocycles. The molecule has 0 radical (unpaired) electrons. The van der Waals surface area contributed by atoms with Gasteiger partial charge in [-0.1, -0.05) is 6.92 Å². The van der Waals surface area contributed by atoms with Gasteiger partial charge in [-0.05, 0) is 55.6 Å². The molecule has 0 saturated carbocycles. The average molecular weight is 278 g/mol. The zero-order valence-electron chi connectivity index (χ0n) is 12.5. The summed E-state index contributed by atoms with van der Waals surface area (Å²) in [6.07, 6.45) is 1.24. The number of benzene rings is 1. The van der Waals surface area contributed by atoms with Crippen molar-refractivity contribution in [2.24, 2.45) is 17.6 Å². The molecule has 1 aliphatic heterocycles. The second-order valence-electron chi connectivity index (χ2n) is 5.59. The SMILES string of the molecule is COc1ccc(OCCN2CCC(C)C(CN)C2)cc1. The second-order valence-corrected chi connectivity index (χ2v) is 5.59. The monoisotopic (exact) mass is 278 g/mol. The summed E-state index contributed by atoms with van der Waals surface area (Å²) in [6, 6.07) is 7.73. The van der Waals surface area contributed by atoms with Crippen molar-refractivity contribution in [1.82, 2.24) is 4.90 Å². The van der Waals surface area contributed by atoms with E-state index in [-0.39, 0.29) is 0 Å². The Morgan fingerprint density at radius 3 is 2.60 bits per heavy atom. The lowest BCUT2D eigenvalue weighted by atomic mass is 9.87. The molecule has 1 heterocycles. The zero-order valence-corrected chi connectivity index (χ0v) is 12.5. The standard InChI is InChI=1S/C16H26N2O2/c1-13-7-8-18(12-14(13)11-17)9-10-20-16-5-3-15(19-2)4-6-16/h3-6,13-14H,7-12,17H2,1-2H3. The Kier molecular flexibility index (Phi) is 5.68. The Morgan fingerprint density at radius 1 is 1.25 bits per heavy atom. The van der Waals surface area contributed by atoms with Crippen LogP contribution in [0.5, 0.6) is 11.5 Å². The summed E-state index contributed by atoms with van der Waals surface area (Å²) < 4.78 is 10.9. The third-order valence-corrected chi connectivity index (χ3v) is 4.24. The first-order chi connectivity index (χ1) is 9.72. The summed E-state index contributed by atoms with van der Waals surface area (Å²) in [5, 5.41) is 0. The number of rotatable bonds is 6. The van der Waals surface area contributed by atoms with E-state index >= 15 is 0 Å². The molecule has 1 aromatic carbocycles. The fraction of sp³-hybridized carbons (Fsp3) is 0.625. The van der Waals surface area contributed by atoms with Gasteiger partial charge in [-0.25, -0.2) is 0 Å². The molecule has 0 aromatic heterocycles. The zero-order chi connectivity index (χ0) is 14.4. The Labute approximate surface area is 121 Å². The van der Waals surface area contributed by atoms with Gasteiger partial charge in [-0.3, -0.25) is 4.90 Å². The number of likely N-dealkylation sites (tertiary alicyclic amines) is 1. The highest BCUT2D eigenvalue weighted by atomic mass is 16.5. The molecule has 1 aliphatic rings. The molecular weight excluding hydrogens is 252 g/mol. The molecule has 0 bridgehead atoms. The van der Waals surface area contributed by atoms with E-state index in [4.69, 9.17) is 15.2 Å². The summed E-state index contributed by atoms with van der Waals surface area (Å²) in [5.41, 5.74) is 5.83. The molecule has 1 aromatic rings. The van der Waals surface area contributed by atoms with Crippen LogP contribution in [0.3, 0.4) is 0 Å². The molecule has 4 heteroatoms. The minimum Gasteiger partial charge on any atom is -0.497 e. The second kappa shape index (κ2) is 7.50. The number of methoxy groups -OCH3 is 1. The number of ether oxygens (including phenoxy) is 2. The molecule has 0 spiro atoms. The first kappa shape index (κ1) is 15.1. The topological polar surface area (TPSA) is 47.7 Å². The lowest BCUT2D eigenvalue weighted by Gasteiger charge is -2.36. The highest BCUT2D eigenvalue weighted by Gasteiger charge is 2.24. The third kappa shape index (κ3) is 4.12. The normalized spacial score (nSPS) is 23.6. The maximum atomic E-state index is 5.83. The van der Waals surface area contributed by atoms with Crippen molar-refractivity contribution in [1.29, 1.82) is 0 Å². The van der Waals surface area contributed by atoms with E-state index in [0.717, 1.165) is 50.2 Å². The molecular formula is C16H26N2O2. The Bertz CT molecular complexity index is 394. The van der Waals surface area contributed by atoms with E-state index in [1.807, 2.05) is 24.3 Å². The highest BCUT2D eigenvalue weighted by Crippen LogP contribution is 2.22. The van der Waals surface area contributed by atoms with Gasteiger partial charge in [-0.2, -0.15) is 0 Å². The van der Waals surface area contributed by atoms with Crippen molar-refractivity contribution in [3.05, 3.63) is 24.3 Å². The van der Waals surface area contributed by atoms with Gasteiger partial charge < -0.3 is 15.2 Å². The number of nitrogens with two attached hydrogens (primary N) is 1. The molecule has 2 rings (SSSR count). The minimum absolute atomic E-state index is 0.629. The smallest absolute Gasteiger partial charge is 0.119 e. The minimum atomic E-state index is 0.629. The average Bonchev–Trinajstić information content (AvgIpc) is 2.49. The van der Waals surface area contributed by atoms with Crippen molar-refractivity contribution in [3.63, 3.8) is 0 Å². The number of nitrogens with zero attached hydrogens (tertiary/aromatic N) is 1. The van der Waals surface area contributed by atoms with Crippen LogP contribution in [-0.2, 0) is 0 Å². The molecule has 0 amide bonds. The third-order valence-electron chi connectivity index (χ3n) is 4.24.